The molecule has 0 aliphatic heterocycles. The third-order valence-electron chi connectivity index (χ3n) is 3.40. The zero-order chi connectivity index (χ0) is 18.8. The van der Waals surface area contributed by atoms with Gasteiger partial charge in [-0.25, -0.2) is 13.1 Å². The zero-order valence-electron chi connectivity index (χ0n) is 14.5. The standard InChI is InChI=1S/C18H22N2O5S/c1-24-13-5-12-19-18(21)11-10-15-8-9-16(25-15)14-20-26(22,23)17-6-3-2-4-7-17/h2-4,6-11,20H,5,12-14H2,1H3,(H,19,21)/b11-10+. The molecule has 0 aliphatic rings. The summed E-state index contributed by atoms with van der Waals surface area (Å²) in [6.45, 7) is 1.14. The summed E-state index contributed by atoms with van der Waals surface area (Å²) in [5.41, 5.74) is 0. The molecule has 26 heavy (non-hydrogen) atoms. The summed E-state index contributed by atoms with van der Waals surface area (Å²) in [5.74, 6) is 0.680. The van der Waals surface area contributed by atoms with Crippen molar-refractivity contribution in [2.75, 3.05) is 20.3 Å². The molecule has 0 atom stereocenters. The molecule has 1 aromatic heterocycles. The molecule has 1 amide bonds. The Labute approximate surface area is 153 Å². The van der Waals surface area contributed by atoms with Gasteiger partial charge in [-0.05, 0) is 36.8 Å². The second-order valence-electron chi connectivity index (χ2n) is 5.41. The highest BCUT2D eigenvalue weighted by molar-refractivity contribution is 7.89. The van der Waals surface area contributed by atoms with E-state index in [1.54, 1.807) is 37.4 Å². The first-order valence-electron chi connectivity index (χ1n) is 8.09. The Morgan fingerprint density at radius 2 is 1.96 bits per heavy atom. The third-order valence-corrected chi connectivity index (χ3v) is 4.81. The monoisotopic (exact) mass is 378 g/mol. The number of nitrogens with one attached hydrogen (secondary N) is 2. The summed E-state index contributed by atoms with van der Waals surface area (Å²) in [4.78, 5) is 11.8. The summed E-state index contributed by atoms with van der Waals surface area (Å²) >= 11 is 0. The number of amides is 1. The number of sulfonamides is 1. The number of hydrogen-bond donors (Lipinski definition) is 2. The Balaban J connectivity index is 1.84. The van der Waals surface area contributed by atoms with Gasteiger partial charge in [0.1, 0.15) is 11.5 Å². The maximum Gasteiger partial charge on any atom is 0.244 e. The summed E-state index contributed by atoms with van der Waals surface area (Å²) in [5, 5.41) is 2.72. The van der Waals surface area contributed by atoms with E-state index < -0.39 is 10.0 Å². The van der Waals surface area contributed by atoms with Crippen LogP contribution in [0, 0.1) is 0 Å². The van der Waals surface area contributed by atoms with Crippen LogP contribution in [0.3, 0.4) is 0 Å². The minimum Gasteiger partial charge on any atom is -0.460 e. The van der Waals surface area contributed by atoms with Crippen molar-refractivity contribution in [3.63, 3.8) is 0 Å². The van der Waals surface area contributed by atoms with Gasteiger partial charge in [0, 0.05) is 26.3 Å². The fraction of sp³-hybridized carbons (Fsp3) is 0.278. The van der Waals surface area contributed by atoms with Gasteiger partial charge < -0.3 is 14.5 Å². The number of furan rings is 1. The van der Waals surface area contributed by atoms with Gasteiger partial charge in [-0.2, -0.15) is 0 Å². The van der Waals surface area contributed by atoms with E-state index in [1.165, 1.54) is 24.3 Å². The minimum atomic E-state index is -3.59. The lowest BCUT2D eigenvalue weighted by atomic mass is 10.3. The Hall–Kier alpha value is -2.42. The number of rotatable bonds is 10. The van der Waals surface area contributed by atoms with Crippen LogP contribution in [0.2, 0.25) is 0 Å². The number of hydrogen-bond acceptors (Lipinski definition) is 5. The van der Waals surface area contributed by atoms with Crippen molar-refractivity contribution in [3.8, 4) is 0 Å². The molecule has 8 heteroatoms. The minimum absolute atomic E-state index is 0.0221. The average Bonchev–Trinajstić information content (AvgIpc) is 3.11. The van der Waals surface area contributed by atoms with Crippen LogP contribution < -0.4 is 10.0 Å². The first kappa shape index (κ1) is 19.9. The second-order valence-corrected chi connectivity index (χ2v) is 7.18. The molecule has 1 heterocycles. The Morgan fingerprint density at radius 1 is 1.19 bits per heavy atom. The van der Waals surface area contributed by atoms with Gasteiger partial charge in [-0.15, -0.1) is 0 Å². The van der Waals surface area contributed by atoms with Crippen LogP contribution in [0.4, 0.5) is 0 Å². The van der Waals surface area contributed by atoms with E-state index in [0.29, 0.717) is 24.7 Å². The fourth-order valence-corrected chi connectivity index (χ4v) is 3.09. The fourth-order valence-electron chi connectivity index (χ4n) is 2.07. The summed E-state index contributed by atoms with van der Waals surface area (Å²) in [7, 11) is -1.99. The van der Waals surface area contributed by atoms with Crippen LogP contribution in [0.5, 0.6) is 0 Å². The third kappa shape index (κ3) is 6.47. The molecule has 0 fully saturated rings. The van der Waals surface area contributed by atoms with Crippen LogP contribution >= 0.6 is 0 Å². The van der Waals surface area contributed by atoms with Crippen LogP contribution in [-0.4, -0.2) is 34.6 Å². The van der Waals surface area contributed by atoms with Gasteiger partial charge in [0.2, 0.25) is 15.9 Å². The second kappa shape index (κ2) is 9.91. The van der Waals surface area contributed by atoms with Gasteiger partial charge in [0.15, 0.2) is 0 Å². The van der Waals surface area contributed by atoms with Gasteiger partial charge in [0.25, 0.3) is 0 Å². The molecule has 1 aromatic carbocycles. The quantitative estimate of drug-likeness (QED) is 0.486. The van der Waals surface area contributed by atoms with E-state index in [9.17, 15) is 13.2 Å². The molecule has 7 nitrogen and oxygen atoms in total. The summed E-state index contributed by atoms with van der Waals surface area (Å²) < 4.78 is 37.2. The number of carbonyl (C=O) groups is 1. The van der Waals surface area contributed by atoms with Crippen molar-refractivity contribution in [3.05, 3.63) is 60.1 Å². The molecule has 0 aliphatic carbocycles. The number of ether oxygens (including phenoxy) is 1. The van der Waals surface area contributed by atoms with Gasteiger partial charge >= 0.3 is 0 Å². The van der Waals surface area contributed by atoms with Crippen LogP contribution in [0.25, 0.3) is 6.08 Å². The first-order chi connectivity index (χ1) is 12.5. The molecular formula is C18H22N2O5S. The Morgan fingerprint density at radius 3 is 2.69 bits per heavy atom. The molecule has 2 rings (SSSR count). The number of carbonyl (C=O) groups excluding carboxylic acids is 1. The molecule has 0 unspecified atom stereocenters. The highest BCUT2D eigenvalue weighted by atomic mass is 32.2. The Bertz CT molecular complexity index is 828. The number of benzene rings is 1. The lowest BCUT2D eigenvalue weighted by molar-refractivity contribution is -0.116. The molecule has 0 saturated heterocycles. The van der Waals surface area contributed by atoms with E-state index in [4.69, 9.17) is 9.15 Å². The van der Waals surface area contributed by atoms with E-state index in [-0.39, 0.29) is 17.3 Å². The molecule has 2 N–H and O–H groups in total. The van der Waals surface area contributed by atoms with Crippen LogP contribution in [-0.2, 0) is 26.1 Å². The predicted octanol–water partition coefficient (Wildman–Crippen LogP) is 1.92. The van der Waals surface area contributed by atoms with Crippen molar-refractivity contribution in [2.45, 2.75) is 17.9 Å². The van der Waals surface area contributed by atoms with Crippen LogP contribution in [0.15, 0.2) is 57.9 Å². The van der Waals surface area contributed by atoms with Crippen molar-refractivity contribution >= 4 is 22.0 Å². The van der Waals surface area contributed by atoms with Crippen LogP contribution in [0.1, 0.15) is 17.9 Å². The van der Waals surface area contributed by atoms with Crippen molar-refractivity contribution in [1.29, 1.82) is 0 Å². The van der Waals surface area contributed by atoms with E-state index in [0.717, 1.165) is 6.42 Å². The highest BCUT2D eigenvalue weighted by Crippen LogP contribution is 2.12. The SMILES string of the molecule is COCCCNC(=O)/C=C/c1ccc(CNS(=O)(=O)c2ccccc2)o1. The first-order valence-corrected chi connectivity index (χ1v) is 9.58. The molecule has 2 aromatic rings. The summed E-state index contributed by atoms with van der Waals surface area (Å²) in [6, 6.07) is 11.4. The number of methoxy groups -OCH3 is 1. The molecule has 0 bridgehead atoms. The molecule has 0 saturated carbocycles. The van der Waals surface area contributed by atoms with E-state index >= 15 is 0 Å². The largest absolute Gasteiger partial charge is 0.460 e. The van der Waals surface area contributed by atoms with E-state index in [1.807, 2.05) is 0 Å². The Kier molecular flexibility index (Phi) is 7.58. The van der Waals surface area contributed by atoms with Crippen molar-refractivity contribution in [1.82, 2.24) is 10.0 Å². The van der Waals surface area contributed by atoms with Crippen molar-refractivity contribution < 1.29 is 22.4 Å². The normalized spacial score (nSPS) is 11.7. The lowest BCUT2D eigenvalue weighted by Gasteiger charge is -2.04. The average molecular weight is 378 g/mol. The topological polar surface area (TPSA) is 97.6 Å². The predicted molar refractivity (Wildman–Crippen MR) is 97.7 cm³/mol. The molecule has 140 valence electrons. The van der Waals surface area contributed by atoms with Gasteiger partial charge in [-0.3, -0.25) is 4.79 Å². The maximum absolute atomic E-state index is 12.1. The lowest BCUT2D eigenvalue weighted by Crippen LogP contribution is -2.23. The zero-order valence-corrected chi connectivity index (χ0v) is 15.3. The van der Waals surface area contributed by atoms with Gasteiger partial charge in [-0.1, -0.05) is 18.2 Å². The highest BCUT2D eigenvalue weighted by Gasteiger charge is 2.13. The summed E-state index contributed by atoms with van der Waals surface area (Å²) in [6.07, 6.45) is 3.63. The maximum atomic E-state index is 12.1. The van der Waals surface area contributed by atoms with Crippen molar-refractivity contribution in [2.24, 2.45) is 0 Å². The van der Waals surface area contributed by atoms with E-state index in [2.05, 4.69) is 10.0 Å². The smallest absolute Gasteiger partial charge is 0.244 e. The molecule has 0 spiro atoms. The molecule has 0 radical (unpaired) electrons. The van der Waals surface area contributed by atoms with Gasteiger partial charge in [0.05, 0.1) is 11.4 Å². The molecular weight excluding hydrogens is 356 g/mol.